The van der Waals surface area contributed by atoms with Crippen LogP contribution in [-0.4, -0.2) is 23.1 Å². The molecular formula is C26H40O4. The summed E-state index contributed by atoms with van der Waals surface area (Å²) in [5.41, 5.74) is 1.56. The summed E-state index contributed by atoms with van der Waals surface area (Å²) in [6.07, 6.45) is 10.8. The fourth-order valence-corrected chi connectivity index (χ4v) is 4.26. The van der Waals surface area contributed by atoms with Gasteiger partial charge in [-0.15, -0.1) is 0 Å². The van der Waals surface area contributed by atoms with Crippen LogP contribution >= 0.6 is 0 Å². The van der Waals surface area contributed by atoms with Gasteiger partial charge in [0.2, 0.25) is 0 Å². The first-order valence-corrected chi connectivity index (χ1v) is 11.8. The normalized spacial score (nSPS) is 19.1. The van der Waals surface area contributed by atoms with Crippen LogP contribution in [-0.2, 0) is 20.7 Å². The van der Waals surface area contributed by atoms with Crippen molar-refractivity contribution >= 4 is 11.9 Å². The molecule has 0 atom stereocenters. The van der Waals surface area contributed by atoms with E-state index in [2.05, 4.69) is 13.8 Å². The van der Waals surface area contributed by atoms with E-state index in [-0.39, 0.29) is 29.1 Å². The molecule has 2 aliphatic rings. The summed E-state index contributed by atoms with van der Waals surface area (Å²) in [6.45, 7) is 10.0. The maximum Gasteiger partial charge on any atom is 0.338 e. The molecule has 0 saturated heterocycles. The van der Waals surface area contributed by atoms with Crippen molar-refractivity contribution in [2.45, 2.75) is 110 Å². The number of rotatable bonds is 6. The summed E-state index contributed by atoms with van der Waals surface area (Å²) in [4.78, 5) is 23.4. The van der Waals surface area contributed by atoms with E-state index in [0.717, 1.165) is 38.5 Å². The maximum absolute atomic E-state index is 12.0. The summed E-state index contributed by atoms with van der Waals surface area (Å²) in [5.74, 6) is -0.218. The zero-order chi connectivity index (χ0) is 22.2. The molecule has 0 N–H and O–H groups in total. The van der Waals surface area contributed by atoms with Crippen molar-refractivity contribution in [1.82, 2.24) is 0 Å². The van der Waals surface area contributed by atoms with E-state index in [4.69, 9.17) is 9.47 Å². The molecule has 0 bridgehead atoms. The molecule has 2 saturated carbocycles. The van der Waals surface area contributed by atoms with Gasteiger partial charge < -0.3 is 9.47 Å². The number of aryl methyl sites for hydroxylation is 1. The minimum absolute atomic E-state index is 0.00373. The van der Waals surface area contributed by atoms with Gasteiger partial charge >= 0.3 is 11.9 Å². The Bertz CT molecular complexity index is 677. The number of ether oxygens (including phenoxy) is 2. The van der Waals surface area contributed by atoms with Gasteiger partial charge in [0.15, 0.2) is 0 Å². The fraction of sp³-hybridized carbons (Fsp3) is 0.692. The summed E-state index contributed by atoms with van der Waals surface area (Å²) in [5, 5.41) is 0. The van der Waals surface area contributed by atoms with Gasteiger partial charge in [0.05, 0.1) is 11.5 Å². The molecular weight excluding hydrogens is 376 g/mol. The lowest BCUT2D eigenvalue weighted by molar-refractivity contribution is -0.163. The molecule has 0 heterocycles. The Morgan fingerprint density at radius 2 is 1.43 bits per heavy atom. The van der Waals surface area contributed by atoms with Gasteiger partial charge in [-0.25, -0.2) is 4.79 Å². The minimum Gasteiger partial charge on any atom is -0.459 e. The number of hydrogen-bond donors (Lipinski definition) is 0. The third-order valence-corrected chi connectivity index (χ3v) is 6.55. The second-order valence-corrected chi connectivity index (χ2v) is 9.42. The van der Waals surface area contributed by atoms with E-state index in [1.807, 2.05) is 45.0 Å². The van der Waals surface area contributed by atoms with Crippen LogP contribution in [0.2, 0.25) is 0 Å². The third kappa shape index (κ3) is 6.85. The smallest absolute Gasteiger partial charge is 0.338 e. The molecule has 0 spiro atoms. The first-order chi connectivity index (χ1) is 14.2. The van der Waals surface area contributed by atoms with E-state index in [1.54, 1.807) is 0 Å². The second kappa shape index (κ2) is 11.0. The first-order valence-electron chi connectivity index (χ1n) is 11.8. The van der Waals surface area contributed by atoms with Crippen molar-refractivity contribution in [3.05, 3.63) is 35.4 Å². The highest BCUT2D eigenvalue weighted by atomic mass is 16.6. The van der Waals surface area contributed by atoms with Gasteiger partial charge in [0.25, 0.3) is 0 Å². The lowest BCUT2D eigenvalue weighted by Crippen LogP contribution is -2.32. The van der Waals surface area contributed by atoms with Gasteiger partial charge in [-0.3, -0.25) is 4.79 Å². The molecule has 0 aromatic heterocycles. The van der Waals surface area contributed by atoms with E-state index >= 15 is 0 Å². The second-order valence-electron chi connectivity index (χ2n) is 9.42. The van der Waals surface area contributed by atoms with Crippen LogP contribution in [0.4, 0.5) is 0 Å². The zero-order valence-electron chi connectivity index (χ0n) is 19.6. The minimum atomic E-state index is -0.236. The number of benzene rings is 1. The molecule has 1 aromatic rings. The molecule has 2 fully saturated rings. The lowest BCUT2D eigenvalue weighted by Gasteiger charge is -2.28. The van der Waals surface area contributed by atoms with Crippen molar-refractivity contribution in [3.63, 3.8) is 0 Å². The summed E-state index contributed by atoms with van der Waals surface area (Å²) < 4.78 is 11.2. The van der Waals surface area contributed by atoms with Crippen LogP contribution in [0.5, 0.6) is 0 Å². The Morgan fingerprint density at radius 1 is 0.900 bits per heavy atom. The van der Waals surface area contributed by atoms with Gasteiger partial charge in [-0.05, 0) is 88.8 Å². The van der Waals surface area contributed by atoms with Crippen molar-refractivity contribution < 1.29 is 19.1 Å². The maximum atomic E-state index is 12.0. The van der Waals surface area contributed by atoms with Crippen LogP contribution in [0.25, 0.3) is 0 Å². The topological polar surface area (TPSA) is 52.6 Å². The number of carbonyl (C=O) groups excluding carboxylic acids is 2. The van der Waals surface area contributed by atoms with Crippen LogP contribution in [0.15, 0.2) is 24.3 Å². The van der Waals surface area contributed by atoms with Gasteiger partial charge in [0, 0.05) is 0 Å². The lowest BCUT2D eigenvalue weighted by atomic mass is 9.98. The standard InChI is InChI=1S/C15H20O2.C11H20O2/c1-3-12-6-8-13(9-7-12)14(16)17-15(2)10-4-5-11-15;1-4-11(7-5-6-8-11)13-10(12)9(2)3/h6-9H,3-5,10-11H2,1-2H3;9H,4-8H2,1-3H3. The van der Waals surface area contributed by atoms with Gasteiger partial charge in [-0.2, -0.15) is 0 Å². The highest BCUT2D eigenvalue weighted by Crippen LogP contribution is 2.36. The van der Waals surface area contributed by atoms with Crippen molar-refractivity contribution in [3.8, 4) is 0 Å². The van der Waals surface area contributed by atoms with Crippen LogP contribution in [0, 0.1) is 5.92 Å². The molecule has 2 aliphatic carbocycles. The molecule has 0 amide bonds. The van der Waals surface area contributed by atoms with Gasteiger partial charge in [-0.1, -0.05) is 39.8 Å². The number of carbonyl (C=O) groups is 2. The molecule has 3 rings (SSSR count). The third-order valence-electron chi connectivity index (χ3n) is 6.55. The molecule has 0 aliphatic heterocycles. The van der Waals surface area contributed by atoms with Crippen molar-refractivity contribution in [2.24, 2.45) is 5.92 Å². The summed E-state index contributed by atoms with van der Waals surface area (Å²) >= 11 is 0. The molecule has 30 heavy (non-hydrogen) atoms. The Balaban J connectivity index is 0.000000222. The van der Waals surface area contributed by atoms with E-state index < -0.39 is 0 Å². The number of esters is 2. The molecule has 0 unspecified atom stereocenters. The predicted octanol–water partition coefficient (Wildman–Crippen LogP) is 6.65. The largest absolute Gasteiger partial charge is 0.459 e. The number of hydrogen-bond acceptors (Lipinski definition) is 4. The van der Waals surface area contributed by atoms with E-state index in [9.17, 15) is 9.59 Å². The monoisotopic (exact) mass is 416 g/mol. The molecule has 168 valence electrons. The molecule has 4 nitrogen and oxygen atoms in total. The first kappa shape index (κ1) is 24.4. The Labute approximate surface area is 182 Å². The van der Waals surface area contributed by atoms with Gasteiger partial charge in [0.1, 0.15) is 11.2 Å². The molecule has 1 aromatic carbocycles. The average Bonchev–Trinajstić information content (AvgIpc) is 3.38. The van der Waals surface area contributed by atoms with Crippen LogP contribution < -0.4 is 0 Å². The molecule has 0 radical (unpaired) electrons. The fourth-order valence-electron chi connectivity index (χ4n) is 4.26. The SMILES string of the molecule is CCC1(OC(=O)C(C)C)CCCC1.CCc1ccc(C(=O)OC2(C)CCCC2)cc1. The van der Waals surface area contributed by atoms with E-state index in [1.165, 1.54) is 31.2 Å². The Hall–Kier alpha value is -1.84. The van der Waals surface area contributed by atoms with Crippen molar-refractivity contribution in [2.75, 3.05) is 0 Å². The van der Waals surface area contributed by atoms with Crippen LogP contribution in [0.3, 0.4) is 0 Å². The van der Waals surface area contributed by atoms with Crippen LogP contribution in [0.1, 0.15) is 108 Å². The zero-order valence-corrected chi connectivity index (χ0v) is 19.6. The van der Waals surface area contributed by atoms with Crippen molar-refractivity contribution in [1.29, 1.82) is 0 Å². The highest BCUT2D eigenvalue weighted by Gasteiger charge is 2.36. The summed E-state index contributed by atoms with van der Waals surface area (Å²) in [7, 11) is 0. The Morgan fingerprint density at radius 3 is 1.90 bits per heavy atom. The Kier molecular flexibility index (Phi) is 8.93. The average molecular weight is 417 g/mol. The summed E-state index contributed by atoms with van der Waals surface area (Å²) in [6, 6.07) is 7.71. The predicted molar refractivity (Wildman–Crippen MR) is 121 cm³/mol. The quantitative estimate of drug-likeness (QED) is 0.487. The van der Waals surface area contributed by atoms with E-state index in [0.29, 0.717) is 5.56 Å². The molecule has 4 heteroatoms. The highest BCUT2D eigenvalue weighted by molar-refractivity contribution is 5.89.